The molecular formula is C14H24N2O. The lowest BCUT2D eigenvalue weighted by atomic mass is 9.64. The number of nitrogens with zero attached hydrogens (tertiary/aromatic N) is 2. The molecule has 0 unspecified atom stereocenters. The fraction of sp³-hybridized carbons (Fsp3) is 0.929. The Hall–Kier alpha value is -0.570. The molecule has 0 aromatic rings. The Kier molecular flexibility index (Phi) is 2.51. The van der Waals surface area contributed by atoms with Gasteiger partial charge in [-0.15, -0.1) is 0 Å². The van der Waals surface area contributed by atoms with E-state index in [4.69, 9.17) is 0 Å². The molecule has 0 aromatic carbocycles. The Balaban J connectivity index is 1.55. The molecule has 3 aliphatic rings. The van der Waals surface area contributed by atoms with Crippen LogP contribution in [0, 0.1) is 17.3 Å². The monoisotopic (exact) mass is 236 g/mol. The van der Waals surface area contributed by atoms with Crippen LogP contribution in [0.2, 0.25) is 0 Å². The van der Waals surface area contributed by atoms with Gasteiger partial charge in [0.05, 0.1) is 0 Å². The van der Waals surface area contributed by atoms with Crippen molar-refractivity contribution in [1.29, 1.82) is 0 Å². The van der Waals surface area contributed by atoms with Crippen LogP contribution in [-0.2, 0) is 4.79 Å². The normalized spacial score (nSPS) is 44.2. The van der Waals surface area contributed by atoms with Crippen molar-refractivity contribution in [3.05, 3.63) is 0 Å². The molecule has 1 heterocycles. The SMILES string of the molecule is C[C@H]1C[C@@H]1C(=O)N1CCC2(CC(N(C)C)C2)C1. The molecule has 2 saturated carbocycles. The molecule has 1 amide bonds. The lowest BCUT2D eigenvalue weighted by Crippen LogP contribution is -2.50. The van der Waals surface area contributed by atoms with Crippen LogP contribution in [-0.4, -0.2) is 48.9 Å². The van der Waals surface area contributed by atoms with Crippen LogP contribution < -0.4 is 0 Å². The molecule has 3 nitrogen and oxygen atoms in total. The lowest BCUT2D eigenvalue weighted by Gasteiger charge is -2.48. The van der Waals surface area contributed by atoms with Crippen molar-refractivity contribution >= 4 is 5.91 Å². The first-order valence-electron chi connectivity index (χ1n) is 6.96. The first-order valence-corrected chi connectivity index (χ1v) is 6.96. The highest BCUT2D eigenvalue weighted by atomic mass is 16.2. The highest BCUT2D eigenvalue weighted by Crippen LogP contribution is 2.51. The summed E-state index contributed by atoms with van der Waals surface area (Å²) in [6.07, 6.45) is 4.96. The van der Waals surface area contributed by atoms with Gasteiger partial charge in [0, 0.05) is 25.0 Å². The minimum atomic E-state index is 0.370. The molecule has 1 aliphatic heterocycles. The van der Waals surface area contributed by atoms with Gasteiger partial charge in [-0.05, 0) is 51.1 Å². The van der Waals surface area contributed by atoms with Crippen LogP contribution in [0.4, 0.5) is 0 Å². The molecule has 3 heteroatoms. The number of amides is 1. The Morgan fingerprint density at radius 3 is 2.53 bits per heavy atom. The van der Waals surface area contributed by atoms with Crippen LogP contribution in [0.5, 0.6) is 0 Å². The molecule has 2 atom stereocenters. The third kappa shape index (κ3) is 1.88. The van der Waals surface area contributed by atoms with E-state index < -0.39 is 0 Å². The van der Waals surface area contributed by atoms with Gasteiger partial charge in [-0.1, -0.05) is 6.92 Å². The molecule has 3 rings (SSSR count). The highest BCUT2D eigenvalue weighted by Gasteiger charge is 2.52. The van der Waals surface area contributed by atoms with E-state index in [1.807, 2.05) is 0 Å². The number of hydrogen-bond donors (Lipinski definition) is 0. The number of rotatable bonds is 2. The quantitative estimate of drug-likeness (QED) is 0.727. The summed E-state index contributed by atoms with van der Waals surface area (Å²) >= 11 is 0. The molecule has 0 N–H and O–H groups in total. The first kappa shape index (κ1) is 11.5. The Labute approximate surface area is 104 Å². The van der Waals surface area contributed by atoms with Crippen molar-refractivity contribution < 1.29 is 4.79 Å². The molecular weight excluding hydrogens is 212 g/mol. The first-order chi connectivity index (χ1) is 8.01. The molecule has 96 valence electrons. The second kappa shape index (κ2) is 3.71. The average molecular weight is 236 g/mol. The second-order valence-corrected chi connectivity index (χ2v) is 6.85. The zero-order valence-electron chi connectivity index (χ0n) is 11.3. The Morgan fingerprint density at radius 2 is 2.00 bits per heavy atom. The maximum atomic E-state index is 12.2. The summed E-state index contributed by atoms with van der Waals surface area (Å²) in [4.78, 5) is 16.7. The zero-order chi connectivity index (χ0) is 12.2. The van der Waals surface area contributed by atoms with E-state index in [1.54, 1.807) is 0 Å². The largest absolute Gasteiger partial charge is 0.342 e. The van der Waals surface area contributed by atoms with Crippen LogP contribution in [0.1, 0.15) is 32.6 Å². The number of hydrogen-bond acceptors (Lipinski definition) is 2. The van der Waals surface area contributed by atoms with E-state index >= 15 is 0 Å². The minimum Gasteiger partial charge on any atom is -0.342 e. The number of carbonyl (C=O) groups excluding carboxylic acids is 1. The van der Waals surface area contributed by atoms with Crippen LogP contribution >= 0.6 is 0 Å². The highest BCUT2D eigenvalue weighted by molar-refractivity contribution is 5.82. The smallest absolute Gasteiger partial charge is 0.225 e. The number of carbonyl (C=O) groups is 1. The fourth-order valence-electron chi connectivity index (χ4n) is 3.66. The third-order valence-corrected chi connectivity index (χ3v) is 5.24. The van der Waals surface area contributed by atoms with Gasteiger partial charge in [-0.2, -0.15) is 0 Å². The lowest BCUT2D eigenvalue weighted by molar-refractivity contribution is -0.132. The van der Waals surface area contributed by atoms with Crippen molar-refractivity contribution in [2.45, 2.75) is 38.6 Å². The standard InChI is InChI=1S/C14H24N2O/c1-10-6-12(10)13(17)16-5-4-14(9-16)7-11(8-14)15(2)3/h10-12H,4-9H2,1-3H3/t10-,11?,12-,14?/m0/s1. The van der Waals surface area contributed by atoms with Gasteiger partial charge >= 0.3 is 0 Å². The van der Waals surface area contributed by atoms with Crippen LogP contribution in [0.3, 0.4) is 0 Å². The summed E-state index contributed by atoms with van der Waals surface area (Å²) in [6, 6.07) is 0.755. The van der Waals surface area contributed by atoms with E-state index in [1.165, 1.54) is 19.3 Å². The zero-order valence-corrected chi connectivity index (χ0v) is 11.3. The summed E-state index contributed by atoms with van der Waals surface area (Å²) in [7, 11) is 4.34. The number of likely N-dealkylation sites (tertiary alicyclic amines) is 1. The summed E-state index contributed by atoms with van der Waals surface area (Å²) in [6.45, 7) is 4.25. The van der Waals surface area contributed by atoms with Gasteiger partial charge in [-0.25, -0.2) is 0 Å². The molecule has 0 bridgehead atoms. The summed E-state index contributed by atoms with van der Waals surface area (Å²) < 4.78 is 0. The molecule has 3 fully saturated rings. The summed E-state index contributed by atoms with van der Waals surface area (Å²) in [5.41, 5.74) is 0.489. The third-order valence-electron chi connectivity index (χ3n) is 5.24. The van der Waals surface area contributed by atoms with E-state index in [0.717, 1.165) is 25.6 Å². The van der Waals surface area contributed by atoms with Crippen LogP contribution in [0.25, 0.3) is 0 Å². The Morgan fingerprint density at radius 1 is 1.35 bits per heavy atom. The minimum absolute atomic E-state index is 0.370. The van der Waals surface area contributed by atoms with E-state index in [-0.39, 0.29) is 0 Å². The van der Waals surface area contributed by atoms with E-state index in [9.17, 15) is 4.79 Å². The molecule has 1 saturated heterocycles. The van der Waals surface area contributed by atoms with Gasteiger partial charge in [0.15, 0.2) is 0 Å². The van der Waals surface area contributed by atoms with Gasteiger partial charge in [0.25, 0.3) is 0 Å². The van der Waals surface area contributed by atoms with Gasteiger partial charge in [-0.3, -0.25) is 4.79 Å². The maximum absolute atomic E-state index is 12.2. The van der Waals surface area contributed by atoms with Crippen molar-refractivity contribution in [2.24, 2.45) is 17.3 Å². The predicted molar refractivity (Wildman–Crippen MR) is 67.6 cm³/mol. The van der Waals surface area contributed by atoms with Crippen molar-refractivity contribution in [1.82, 2.24) is 9.80 Å². The van der Waals surface area contributed by atoms with Crippen molar-refractivity contribution in [3.8, 4) is 0 Å². The molecule has 2 aliphatic carbocycles. The second-order valence-electron chi connectivity index (χ2n) is 6.85. The topological polar surface area (TPSA) is 23.6 Å². The van der Waals surface area contributed by atoms with Crippen molar-refractivity contribution in [2.75, 3.05) is 27.2 Å². The molecule has 1 spiro atoms. The fourth-order valence-corrected chi connectivity index (χ4v) is 3.66. The van der Waals surface area contributed by atoms with Crippen molar-refractivity contribution in [3.63, 3.8) is 0 Å². The van der Waals surface area contributed by atoms with Crippen LogP contribution in [0.15, 0.2) is 0 Å². The molecule has 0 aromatic heterocycles. The average Bonchev–Trinajstić information content (AvgIpc) is 2.79. The molecule has 0 radical (unpaired) electrons. The van der Waals surface area contributed by atoms with Gasteiger partial charge in [0.2, 0.25) is 5.91 Å². The van der Waals surface area contributed by atoms with E-state index in [2.05, 4.69) is 30.8 Å². The summed E-state index contributed by atoms with van der Waals surface area (Å²) in [5, 5.41) is 0. The molecule has 17 heavy (non-hydrogen) atoms. The maximum Gasteiger partial charge on any atom is 0.225 e. The Bertz CT molecular complexity index is 333. The van der Waals surface area contributed by atoms with Gasteiger partial charge < -0.3 is 9.80 Å². The summed E-state index contributed by atoms with van der Waals surface area (Å²) in [5.74, 6) is 1.47. The predicted octanol–water partition coefficient (Wildman–Crippen LogP) is 1.59. The van der Waals surface area contributed by atoms with Gasteiger partial charge in [0.1, 0.15) is 0 Å². The van der Waals surface area contributed by atoms with E-state index in [0.29, 0.717) is 23.2 Å².